The van der Waals surface area contributed by atoms with Crippen LogP contribution in [-0.2, 0) is 6.54 Å². The maximum absolute atomic E-state index is 4.47. The van der Waals surface area contributed by atoms with Crippen LogP contribution in [0.15, 0.2) is 66.9 Å². The molecule has 0 saturated heterocycles. The average Bonchev–Trinajstić information content (AvgIpc) is 3.07. The van der Waals surface area contributed by atoms with Gasteiger partial charge in [0.1, 0.15) is 0 Å². The molecule has 2 aromatic heterocycles. The molecular formula is C24H24N2. The highest BCUT2D eigenvalue weighted by molar-refractivity contribution is 5.90. The van der Waals surface area contributed by atoms with E-state index in [1.165, 1.54) is 59.7 Å². The molecule has 1 saturated carbocycles. The van der Waals surface area contributed by atoms with Gasteiger partial charge in [-0.1, -0.05) is 49.6 Å². The fourth-order valence-corrected chi connectivity index (χ4v) is 4.51. The van der Waals surface area contributed by atoms with Crippen molar-refractivity contribution < 1.29 is 0 Å². The highest BCUT2D eigenvalue weighted by Crippen LogP contribution is 2.33. The summed E-state index contributed by atoms with van der Waals surface area (Å²) in [4.78, 5) is 4.47. The summed E-state index contributed by atoms with van der Waals surface area (Å²) in [6.45, 7) is 1.13. The van der Waals surface area contributed by atoms with Crippen LogP contribution in [0.2, 0.25) is 0 Å². The van der Waals surface area contributed by atoms with Gasteiger partial charge in [-0.2, -0.15) is 0 Å². The van der Waals surface area contributed by atoms with Crippen LogP contribution in [0.3, 0.4) is 0 Å². The molecule has 0 amide bonds. The van der Waals surface area contributed by atoms with Crippen molar-refractivity contribution in [2.24, 2.45) is 5.92 Å². The Hall–Kier alpha value is -2.61. The van der Waals surface area contributed by atoms with Crippen LogP contribution < -0.4 is 0 Å². The minimum absolute atomic E-state index is 0.806. The summed E-state index contributed by atoms with van der Waals surface area (Å²) in [7, 11) is 0. The highest BCUT2D eigenvalue weighted by Gasteiger charge is 2.18. The molecule has 130 valence electrons. The molecule has 2 nitrogen and oxygen atoms in total. The molecule has 0 atom stereocenters. The van der Waals surface area contributed by atoms with E-state index in [4.69, 9.17) is 0 Å². The second-order valence-corrected chi connectivity index (χ2v) is 7.61. The van der Waals surface area contributed by atoms with Crippen LogP contribution in [-0.4, -0.2) is 9.55 Å². The van der Waals surface area contributed by atoms with E-state index in [2.05, 4.69) is 64.1 Å². The molecule has 4 aromatic rings. The first-order chi connectivity index (χ1) is 12.9. The first-order valence-corrected chi connectivity index (χ1v) is 9.82. The molecule has 0 spiro atoms. The monoisotopic (exact) mass is 340 g/mol. The Kier molecular flexibility index (Phi) is 3.97. The summed E-state index contributed by atoms with van der Waals surface area (Å²) in [5.41, 5.74) is 5.05. The second-order valence-electron chi connectivity index (χ2n) is 7.61. The second kappa shape index (κ2) is 6.60. The van der Waals surface area contributed by atoms with Gasteiger partial charge in [0.05, 0.1) is 5.52 Å². The number of fused-ring (bicyclic) bond motifs is 2. The van der Waals surface area contributed by atoms with Gasteiger partial charge in [0.25, 0.3) is 0 Å². The van der Waals surface area contributed by atoms with Crippen molar-refractivity contribution in [1.29, 1.82) is 0 Å². The Balaban J connectivity index is 1.64. The molecule has 0 aliphatic heterocycles. The van der Waals surface area contributed by atoms with E-state index in [1.807, 2.05) is 12.3 Å². The molecule has 1 aliphatic carbocycles. The third kappa shape index (κ3) is 2.80. The standard InChI is InChI=1S/C24H24N2/c1-2-7-18(8-3-1)17-26-23-11-5-4-9-20(23)16-24(26)21-12-13-22-19(15-21)10-6-14-25-22/h4-6,9-16,18H,1-3,7-8,17H2. The highest BCUT2D eigenvalue weighted by atomic mass is 15.0. The summed E-state index contributed by atoms with van der Waals surface area (Å²) < 4.78 is 2.56. The minimum Gasteiger partial charge on any atom is -0.340 e. The van der Waals surface area contributed by atoms with Gasteiger partial charge in [-0.05, 0) is 54.7 Å². The fraction of sp³-hybridized carbons (Fsp3) is 0.292. The molecule has 0 N–H and O–H groups in total. The lowest BCUT2D eigenvalue weighted by Crippen LogP contribution is -2.14. The van der Waals surface area contributed by atoms with E-state index in [0.29, 0.717) is 0 Å². The van der Waals surface area contributed by atoms with Crippen molar-refractivity contribution in [3.05, 3.63) is 66.9 Å². The molecule has 26 heavy (non-hydrogen) atoms. The number of benzene rings is 2. The first kappa shape index (κ1) is 15.6. The lowest BCUT2D eigenvalue weighted by atomic mass is 9.89. The van der Waals surface area contributed by atoms with Gasteiger partial charge in [-0.3, -0.25) is 4.98 Å². The maximum Gasteiger partial charge on any atom is 0.0702 e. The van der Waals surface area contributed by atoms with Crippen molar-refractivity contribution in [2.45, 2.75) is 38.6 Å². The lowest BCUT2D eigenvalue weighted by Gasteiger charge is -2.24. The molecule has 5 rings (SSSR count). The van der Waals surface area contributed by atoms with Gasteiger partial charge >= 0.3 is 0 Å². The zero-order valence-corrected chi connectivity index (χ0v) is 15.1. The molecule has 1 aliphatic rings. The van der Waals surface area contributed by atoms with E-state index >= 15 is 0 Å². The minimum atomic E-state index is 0.806. The van der Waals surface area contributed by atoms with Crippen molar-refractivity contribution in [2.75, 3.05) is 0 Å². The number of hydrogen-bond acceptors (Lipinski definition) is 1. The van der Waals surface area contributed by atoms with Gasteiger partial charge in [0, 0.05) is 34.7 Å². The SMILES string of the molecule is c1cnc2ccc(-c3cc4ccccc4n3CC3CCCCC3)cc2c1. The van der Waals surface area contributed by atoms with Gasteiger partial charge in [0.15, 0.2) is 0 Å². The number of rotatable bonds is 3. The van der Waals surface area contributed by atoms with Crippen molar-refractivity contribution in [3.63, 3.8) is 0 Å². The lowest BCUT2D eigenvalue weighted by molar-refractivity contribution is 0.323. The van der Waals surface area contributed by atoms with Crippen LogP contribution in [0.25, 0.3) is 33.1 Å². The Morgan fingerprint density at radius 1 is 0.846 bits per heavy atom. The normalized spacial score (nSPS) is 15.7. The summed E-state index contributed by atoms with van der Waals surface area (Å²) >= 11 is 0. The molecule has 0 unspecified atom stereocenters. The van der Waals surface area contributed by atoms with Crippen LogP contribution in [0.5, 0.6) is 0 Å². The van der Waals surface area contributed by atoms with Crippen LogP contribution in [0, 0.1) is 5.92 Å². The number of nitrogens with zero attached hydrogens (tertiary/aromatic N) is 2. The first-order valence-electron chi connectivity index (χ1n) is 9.82. The molecule has 0 radical (unpaired) electrons. The van der Waals surface area contributed by atoms with Gasteiger partial charge in [-0.15, -0.1) is 0 Å². The smallest absolute Gasteiger partial charge is 0.0702 e. The van der Waals surface area contributed by atoms with Gasteiger partial charge in [0.2, 0.25) is 0 Å². The molecular weight excluding hydrogens is 316 g/mol. The zero-order chi connectivity index (χ0) is 17.3. The predicted octanol–water partition coefficient (Wildman–Crippen LogP) is 6.44. The van der Waals surface area contributed by atoms with Crippen molar-refractivity contribution in [1.82, 2.24) is 9.55 Å². The number of hydrogen-bond donors (Lipinski definition) is 0. The van der Waals surface area contributed by atoms with E-state index in [9.17, 15) is 0 Å². The Bertz CT molecular complexity index is 1050. The predicted molar refractivity (Wildman–Crippen MR) is 109 cm³/mol. The third-order valence-electron chi connectivity index (χ3n) is 5.87. The summed E-state index contributed by atoms with van der Waals surface area (Å²) in [5.74, 6) is 0.806. The van der Waals surface area contributed by atoms with Crippen LogP contribution in [0.4, 0.5) is 0 Å². The summed E-state index contributed by atoms with van der Waals surface area (Å²) in [6, 6.07) is 22.0. The van der Waals surface area contributed by atoms with Crippen molar-refractivity contribution >= 4 is 21.8 Å². The van der Waals surface area contributed by atoms with Crippen LogP contribution >= 0.6 is 0 Å². The molecule has 2 heteroatoms. The third-order valence-corrected chi connectivity index (χ3v) is 5.87. The van der Waals surface area contributed by atoms with E-state index in [-0.39, 0.29) is 0 Å². The molecule has 2 heterocycles. The van der Waals surface area contributed by atoms with Crippen LogP contribution in [0.1, 0.15) is 32.1 Å². The Morgan fingerprint density at radius 2 is 1.69 bits per heavy atom. The number of para-hydroxylation sites is 1. The van der Waals surface area contributed by atoms with E-state index < -0.39 is 0 Å². The Labute approximate surface area is 154 Å². The summed E-state index contributed by atoms with van der Waals surface area (Å²) in [5, 5.41) is 2.55. The van der Waals surface area contributed by atoms with E-state index in [0.717, 1.165) is 18.0 Å². The maximum atomic E-state index is 4.47. The zero-order valence-electron chi connectivity index (χ0n) is 15.1. The van der Waals surface area contributed by atoms with E-state index in [1.54, 1.807) is 0 Å². The number of pyridine rings is 1. The van der Waals surface area contributed by atoms with Gasteiger partial charge in [-0.25, -0.2) is 0 Å². The topological polar surface area (TPSA) is 17.8 Å². The summed E-state index contributed by atoms with van der Waals surface area (Å²) in [6.07, 6.45) is 8.79. The molecule has 2 aromatic carbocycles. The average molecular weight is 340 g/mol. The fourth-order valence-electron chi connectivity index (χ4n) is 4.51. The quantitative estimate of drug-likeness (QED) is 0.420. The number of aromatic nitrogens is 2. The largest absolute Gasteiger partial charge is 0.340 e. The van der Waals surface area contributed by atoms with Crippen molar-refractivity contribution in [3.8, 4) is 11.3 Å². The molecule has 0 bridgehead atoms. The Morgan fingerprint density at radius 3 is 2.62 bits per heavy atom. The van der Waals surface area contributed by atoms with Gasteiger partial charge < -0.3 is 4.57 Å². The molecule has 1 fully saturated rings.